The minimum absolute atomic E-state index is 0.0473. The third kappa shape index (κ3) is 4.41. The van der Waals surface area contributed by atoms with E-state index in [1.807, 2.05) is 22.7 Å². The van der Waals surface area contributed by atoms with Crippen molar-refractivity contribution in [1.29, 1.82) is 0 Å². The molecule has 0 bridgehead atoms. The first-order valence-electron chi connectivity index (χ1n) is 12.3. The number of carbonyl (C=O) groups excluding carboxylic acids is 1. The van der Waals surface area contributed by atoms with Crippen LogP contribution in [0, 0.1) is 0 Å². The maximum atomic E-state index is 13.3. The summed E-state index contributed by atoms with van der Waals surface area (Å²) < 4.78 is 49.9. The van der Waals surface area contributed by atoms with E-state index in [9.17, 15) is 13.6 Å². The lowest BCUT2D eigenvalue weighted by molar-refractivity contribution is -0.166. The highest BCUT2D eigenvalue weighted by Crippen LogP contribution is 2.39. The summed E-state index contributed by atoms with van der Waals surface area (Å²) in [6.07, 6.45) is 5.31. The number of nitrogens with zero attached hydrogens (tertiary/aromatic N) is 3. The van der Waals surface area contributed by atoms with E-state index >= 15 is 0 Å². The summed E-state index contributed by atoms with van der Waals surface area (Å²) in [5.74, 6) is -0.594. The Kier molecular flexibility index (Phi) is 6.21. The molecule has 37 heavy (non-hydrogen) atoms. The first-order chi connectivity index (χ1) is 18.0. The maximum absolute atomic E-state index is 13.3. The van der Waals surface area contributed by atoms with Crippen molar-refractivity contribution in [2.75, 3.05) is 46.6 Å². The number of methoxy groups -OCH3 is 1. The molecule has 2 aromatic heterocycles. The van der Waals surface area contributed by atoms with Gasteiger partial charge in [-0.3, -0.25) is 14.1 Å². The second kappa shape index (κ2) is 9.55. The molecule has 1 amide bonds. The Morgan fingerprint density at radius 1 is 1.16 bits per heavy atom. The average Bonchev–Trinajstić information content (AvgIpc) is 3.58. The Bertz CT molecular complexity index is 1320. The van der Waals surface area contributed by atoms with Crippen LogP contribution >= 0.6 is 0 Å². The van der Waals surface area contributed by atoms with Crippen molar-refractivity contribution < 1.29 is 32.5 Å². The molecule has 1 aromatic carbocycles. The Morgan fingerprint density at radius 3 is 2.57 bits per heavy atom. The number of rotatable bonds is 8. The SMILES string of the molecule is COc1cc(-c2cnc3cc(C4(N5CCOCC5)COC4)ccn23)cc(OC(F)F)c1C(=O)NC1CC1. The number of aromatic nitrogens is 2. The predicted octanol–water partition coefficient (Wildman–Crippen LogP) is 3.06. The molecule has 1 saturated carbocycles. The maximum Gasteiger partial charge on any atom is 0.387 e. The van der Waals surface area contributed by atoms with Crippen LogP contribution in [0.25, 0.3) is 16.9 Å². The third-order valence-electron chi connectivity index (χ3n) is 7.29. The summed E-state index contributed by atoms with van der Waals surface area (Å²) in [5.41, 5.74) is 2.74. The molecule has 1 aliphatic carbocycles. The molecule has 2 aliphatic heterocycles. The normalized spacial score (nSPS) is 19.6. The molecular weight excluding hydrogens is 486 g/mol. The lowest BCUT2D eigenvalue weighted by atomic mass is 9.86. The molecule has 1 N–H and O–H groups in total. The van der Waals surface area contributed by atoms with Gasteiger partial charge in [-0.1, -0.05) is 0 Å². The Morgan fingerprint density at radius 2 is 1.92 bits per heavy atom. The van der Waals surface area contributed by atoms with E-state index in [1.165, 1.54) is 13.2 Å². The van der Waals surface area contributed by atoms with Crippen LogP contribution < -0.4 is 14.8 Å². The number of ether oxygens (including phenoxy) is 4. The van der Waals surface area contributed by atoms with Gasteiger partial charge in [-0.25, -0.2) is 4.98 Å². The number of benzene rings is 1. The fourth-order valence-electron chi connectivity index (χ4n) is 5.10. The molecule has 3 aliphatic rings. The fourth-order valence-corrected chi connectivity index (χ4v) is 5.10. The summed E-state index contributed by atoms with van der Waals surface area (Å²) in [4.78, 5) is 19.8. The highest BCUT2D eigenvalue weighted by Gasteiger charge is 2.46. The van der Waals surface area contributed by atoms with Gasteiger partial charge in [0.15, 0.2) is 0 Å². The number of halogens is 2. The lowest BCUT2D eigenvalue weighted by Gasteiger charge is -2.51. The smallest absolute Gasteiger partial charge is 0.387 e. The van der Waals surface area contributed by atoms with Crippen LogP contribution in [0.4, 0.5) is 8.78 Å². The minimum Gasteiger partial charge on any atom is -0.496 e. The number of hydrogen-bond donors (Lipinski definition) is 1. The van der Waals surface area contributed by atoms with E-state index < -0.39 is 12.5 Å². The standard InChI is InChI=1S/C26H28F2N4O5/c1-34-20-10-16(11-21(37-25(27)28)23(20)24(33)30-18-2-3-18)19-13-29-22-12-17(4-5-32(19)22)26(14-36-15-26)31-6-8-35-9-7-31/h4-5,10-13,18,25H,2-3,6-9,14-15H2,1H3,(H,30,33). The van der Waals surface area contributed by atoms with Crippen LogP contribution in [0.3, 0.4) is 0 Å². The number of pyridine rings is 1. The second-order valence-electron chi connectivity index (χ2n) is 9.59. The Balaban J connectivity index is 1.38. The van der Waals surface area contributed by atoms with Gasteiger partial charge >= 0.3 is 6.61 Å². The zero-order valence-electron chi connectivity index (χ0n) is 20.4. The minimum atomic E-state index is -3.10. The van der Waals surface area contributed by atoms with Gasteiger partial charge in [0.2, 0.25) is 0 Å². The second-order valence-corrected chi connectivity index (χ2v) is 9.59. The van der Waals surface area contributed by atoms with Crippen molar-refractivity contribution in [1.82, 2.24) is 19.6 Å². The van der Waals surface area contributed by atoms with Gasteiger partial charge < -0.3 is 24.3 Å². The fraction of sp³-hybridized carbons (Fsp3) is 0.462. The third-order valence-corrected chi connectivity index (χ3v) is 7.29. The van der Waals surface area contributed by atoms with E-state index in [1.54, 1.807) is 12.3 Å². The van der Waals surface area contributed by atoms with Crippen LogP contribution in [-0.4, -0.2) is 79.5 Å². The van der Waals surface area contributed by atoms with Gasteiger partial charge in [0.1, 0.15) is 22.7 Å². The van der Waals surface area contributed by atoms with Crippen LogP contribution in [-0.2, 0) is 15.0 Å². The van der Waals surface area contributed by atoms with Gasteiger partial charge in [-0.05, 0) is 42.7 Å². The van der Waals surface area contributed by atoms with E-state index in [0.29, 0.717) is 43.3 Å². The molecule has 6 rings (SSSR count). The molecule has 11 heteroatoms. The van der Waals surface area contributed by atoms with Gasteiger partial charge in [-0.2, -0.15) is 8.78 Å². The Hall–Kier alpha value is -3.28. The summed E-state index contributed by atoms with van der Waals surface area (Å²) in [5, 5.41) is 2.82. The predicted molar refractivity (Wildman–Crippen MR) is 129 cm³/mol. The van der Waals surface area contributed by atoms with Gasteiger partial charge in [0.05, 0.1) is 51.0 Å². The first-order valence-corrected chi connectivity index (χ1v) is 12.3. The molecule has 0 radical (unpaired) electrons. The number of amides is 1. The van der Waals surface area contributed by atoms with Crippen molar-refractivity contribution in [3.05, 3.63) is 47.8 Å². The topological polar surface area (TPSA) is 86.6 Å². The molecule has 3 fully saturated rings. The van der Waals surface area contributed by atoms with Gasteiger partial charge in [-0.15, -0.1) is 0 Å². The highest BCUT2D eigenvalue weighted by molar-refractivity contribution is 6.01. The summed E-state index contributed by atoms with van der Waals surface area (Å²) in [6, 6.07) is 7.20. The molecule has 9 nitrogen and oxygen atoms in total. The zero-order chi connectivity index (χ0) is 25.6. The van der Waals surface area contributed by atoms with Gasteiger partial charge in [0.25, 0.3) is 5.91 Å². The number of imidazole rings is 1. The van der Waals surface area contributed by atoms with Crippen molar-refractivity contribution in [2.45, 2.75) is 31.0 Å². The average molecular weight is 515 g/mol. The first kappa shape index (κ1) is 24.1. The molecule has 4 heterocycles. The molecule has 0 spiro atoms. The molecule has 3 aromatic rings. The summed E-state index contributed by atoms with van der Waals surface area (Å²) in [6.45, 7) is 1.16. The summed E-state index contributed by atoms with van der Waals surface area (Å²) in [7, 11) is 1.39. The van der Waals surface area contributed by atoms with Crippen LogP contribution in [0.15, 0.2) is 36.7 Å². The van der Waals surface area contributed by atoms with E-state index in [-0.39, 0.29) is 28.6 Å². The quantitative estimate of drug-likeness (QED) is 0.495. The van der Waals surface area contributed by atoms with Crippen LogP contribution in [0.5, 0.6) is 11.5 Å². The van der Waals surface area contributed by atoms with Crippen molar-refractivity contribution in [3.8, 4) is 22.8 Å². The number of hydrogen-bond acceptors (Lipinski definition) is 7. The van der Waals surface area contributed by atoms with Crippen LogP contribution in [0.1, 0.15) is 28.8 Å². The van der Waals surface area contributed by atoms with E-state index in [2.05, 4.69) is 15.2 Å². The van der Waals surface area contributed by atoms with E-state index in [0.717, 1.165) is 31.5 Å². The van der Waals surface area contributed by atoms with Crippen molar-refractivity contribution >= 4 is 11.6 Å². The number of alkyl halides is 2. The van der Waals surface area contributed by atoms with Crippen molar-refractivity contribution in [3.63, 3.8) is 0 Å². The zero-order valence-corrected chi connectivity index (χ0v) is 20.4. The summed E-state index contributed by atoms with van der Waals surface area (Å²) >= 11 is 0. The van der Waals surface area contributed by atoms with Crippen molar-refractivity contribution in [2.24, 2.45) is 0 Å². The monoisotopic (exact) mass is 514 g/mol. The molecule has 0 unspecified atom stereocenters. The lowest BCUT2D eigenvalue weighted by Crippen LogP contribution is -2.62. The largest absolute Gasteiger partial charge is 0.496 e. The molecule has 2 saturated heterocycles. The highest BCUT2D eigenvalue weighted by atomic mass is 19.3. The molecular formula is C26H28F2N4O5. The number of morpholine rings is 1. The number of fused-ring (bicyclic) bond motifs is 1. The van der Waals surface area contributed by atoms with E-state index in [4.69, 9.17) is 18.9 Å². The number of carbonyl (C=O) groups is 1. The molecule has 0 atom stereocenters. The molecule has 196 valence electrons. The van der Waals surface area contributed by atoms with Gasteiger partial charge in [0, 0.05) is 30.9 Å². The van der Waals surface area contributed by atoms with Crippen LogP contribution in [0.2, 0.25) is 0 Å². The Labute approximate surface area is 212 Å². The number of nitrogens with one attached hydrogen (secondary N) is 1.